The van der Waals surface area contributed by atoms with Crippen LogP contribution in [0.5, 0.6) is 5.75 Å². The molecule has 0 heterocycles. The lowest BCUT2D eigenvalue weighted by Crippen LogP contribution is -2.19. The third-order valence-corrected chi connectivity index (χ3v) is 3.49. The zero-order valence-corrected chi connectivity index (χ0v) is 14.5. The number of nitrogens with one attached hydrogen (secondary N) is 1. The zero-order valence-electron chi connectivity index (χ0n) is 12.9. The van der Waals surface area contributed by atoms with E-state index in [1.807, 2.05) is 0 Å². The lowest BCUT2D eigenvalue weighted by molar-refractivity contribution is -0.139. The molecule has 130 valence electrons. The molecule has 0 unspecified atom stereocenters. The van der Waals surface area contributed by atoms with Gasteiger partial charge in [0, 0.05) is 10.0 Å². The Morgan fingerprint density at radius 1 is 1.24 bits per heavy atom. The molecule has 0 bridgehead atoms. The van der Waals surface area contributed by atoms with E-state index in [1.54, 1.807) is 18.2 Å². The molecule has 0 spiro atoms. The average molecular weight is 409 g/mol. The molecule has 2 aromatic rings. The van der Waals surface area contributed by atoms with Crippen molar-refractivity contribution in [1.82, 2.24) is 5.43 Å². The summed E-state index contributed by atoms with van der Waals surface area (Å²) >= 11 is 3.30. The molecular weight excluding hydrogens is 395 g/mol. The van der Waals surface area contributed by atoms with Crippen molar-refractivity contribution < 1.29 is 23.8 Å². The molecule has 8 heteroatoms. The molecule has 0 saturated heterocycles. The molecule has 0 atom stereocenters. The van der Waals surface area contributed by atoms with Gasteiger partial charge in [0.15, 0.2) is 6.61 Å². The van der Waals surface area contributed by atoms with Crippen molar-refractivity contribution in [2.45, 2.75) is 6.42 Å². The number of rotatable bonds is 7. The number of ether oxygens (including phenoxy) is 1. The van der Waals surface area contributed by atoms with Crippen molar-refractivity contribution in [3.63, 3.8) is 0 Å². The average Bonchev–Trinajstić information content (AvgIpc) is 2.56. The highest BCUT2D eigenvalue weighted by Gasteiger charge is 2.06. The number of amides is 1. The number of benzene rings is 2. The largest absolute Gasteiger partial charge is 0.481 e. The number of hydrogen-bond donors (Lipinski definition) is 2. The lowest BCUT2D eigenvalue weighted by Gasteiger charge is -2.07. The van der Waals surface area contributed by atoms with E-state index in [9.17, 15) is 14.0 Å². The summed E-state index contributed by atoms with van der Waals surface area (Å²) in [4.78, 5) is 22.4. The predicted octanol–water partition coefficient (Wildman–Crippen LogP) is 2.74. The molecule has 0 aromatic heterocycles. The fourth-order valence-electron chi connectivity index (χ4n) is 1.89. The second kappa shape index (κ2) is 8.93. The summed E-state index contributed by atoms with van der Waals surface area (Å²) in [6.07, 6.45) is 1.41. The normalized spacial score (nSPS) is 10.6. The van der Waals surface area contributed by atoms with Crippen molar-refractivity contribution in [2.75, 3.05) is 6.61 Å². The fraction of sp³-hybridized carbons (Fsp3) is 0.118. The number of carboxylic acid groups (broad SMARTS) is 1. The number of hydrogen-bond acceptors (Lipinski definition) is 4. The summed E-state index contributed by atoms with van der Waals surface area (Å²) in [5.41, 5.74) is 3.51. The molecule has 0 saturated carbocycles. The standard InChI is InChI=1S/C17H14BrFN2O4/c18-13-3-6-15(25-10-17(23)24)12(8-13)9-20-21-16(22)7-11-1-4-14(19)5-2-11/h1-6,8-9H,7,10H2,(H,21,22)(H,23,24)/b20-9+. The molecule has 0 aliphatic heterocycles. The van der Waals surface area contributed by atoms with Crippen LogP contribution in [0.4, 0.5) is 4.39 Å². The molecule has 1 amide bonds. The lowest BCUT2D eigenvalue weighted by atomic mass is 10.1. The van der Waals surface area contributed by atoms with Crippen molar-refractivity contribution in [1.29, 1.82) is 0 Å². The first-order chi connectivity index (χ1) is 11.9. The summed E-state index contributed by atoms with van der Waals surface area (Å²) < 4.78 is 18.7. The molecule has 6 nitrogen and oxygen atoms in total. The van der Waals surface area contributed by atoms with Gasteiger partial charge in [-0.15, -0.1) is 0 Å². The molecule has 25 heavy (non-hydrogen) atoms. The van der Waals surface area contributed by atoms with Gasteiger partial charge in [-0.05, 0) is 35.9 Å². The Morgan fingerprint density at radius 3 is 2.64 bits per heavy atom. The number of carbonyl (C=O) groups is 2. The first kappa shape index (κ1) is 18.6. The Hall–Kier alpha value is -2.74. The van der Waals surface area contributed by atoms with Gasteiger partial charge in [-0.2, -0.15) is 5.10 Å². The van der Waals surface area contributed by atoms with Crippen LogP contribution in [0.1, 0.15) is 11.1 Å². The van der Waals surface area contributed by atoms with Crippen molar-refractivity contribution in [3.8, 4) is 5.75 Å². The Balaban J connectivity index is 1.98. The van der Waals surface area contributed by atoms with Crippen molar-refractivity contribution >= 4 is 34.0 Å². The highest BCUT2D eigenvalue weighted by atomic mass is 79.9. The van der Waals surface area contributed by atoms with Gasteiger partial charge in [0.2, 0.25) is 5.91 Å². The van der Waals surface area contributed by atoms with Crippen LogP contribution in [0.3, 0.4) is 0 Å². The van der Waals surface area contributed by atoms with Gasteiger partial charge in [0.25, 0.3) is 0 Å². The van der Waals surface area contributed by atoms with Gasteiger partial charge in [0.05, 0.1) is 12.6 Å². The van der Waals surface area contributed by atoms with Crippen LogP contribution in [0.15, 0.2) is 52.0 Å². The van der Waals surface area contributed by atoms with Crippen LogP contribution in [-0.2, 0) is 16.0 Å². The van der Waals surface area contributed by atoms with Gasteiger partial charge in [-0.25, -0.2) is 14.6 Å². The third kappa shape index (κ3) is 6.34. The highest BCUT2D eigenvalue weighted by molar-refractivity contribution is 9.10. The van der Waals surface area contributed by atoms with E-state index in [4.69, 9.17) is 9.84 Å². The van der Waals surface area contributed by atoms with Gasteiger partial charge in [-0.3, -0.25) is 4.79 Å². The van der Waals surface area contributed by atoms with Crippen molar-refractivity contribution in [2.24, 2.45) is 5.10 Å². The maximum Gasteiger partial charge on any atom is 0.341 e. The van der Waals surface area contributed by atoms with Crippen LogP contribution in [0.25, 0.3) is 0 Å². The maximum absolute atomic E-state index is 12.8. The van der Waals surface area contributed by atoms with E-state index in [2.05, 4.69) is 26.5 Å². The van der Waals surface area contributed by atoms with Crippen LogP contribution < -0.4 is 10.2 Å². The topological polar surface area (TPSA) is 88.0 Å². The first-order valence-corrected chi connectivity index (χ1v) is 7.94. The second-order valence-electron chi connectivity index (χ2n) is 4.96. The third-order valence-electron chi connectivity index (χ3n) is 2.99. The molecule has 0 aliphatic rings. The number of halogens is 2. The quantitative estimate of drug-likeness (QED) is 0.544. The van der Waals surface area contributed by atoms with E-state index in [-0.39, 0.29) is 18.1 Å². The predicted molar refractivity (Wildman–Crippen MR) is 93.1 cm³/mol. The Kier molecular flexibility index (Phi) is 6.64. The number of aliphatic carboxylic acids is 1. The molecule has 2 aromatic carbocycles. The SMILES string of the molecule is O=C(O)COc1ccc(Br)cc1/C=N/NC(=O)Cc1ccc(F)cc1. The molecule has 0 aliphatic carbocycles. The monoisotopic (exact) mass is 408 g/mol. The van der Waals surface area contributed by atoms with Crippen LogP contribution in [0.2, 0.25) is 0 Å². The molecule has 2 N–H and O–H groups in total. The molecule has 0 radical (unpaired) electrons. The number of carboxylic acids is 1. The highest BCUT2D eigenvalue weighted by Crippen LogP contribution is 2.21. The van der Waals surface area contributed by atoms with E-state index >= 15 is 0 Å². The van der Waals surface area contributed by atoms with Crippen molar-refractivity contribution in [3.05, 3.63) is 63.9 Å². The first-order valence-electron chi connectivity index (χ1n) is 7.14. The number of carbonyl (C=O) groups excluding carboxylic acids is 1. The minimum atomic E-state index is -1.10. The smallest absolute Gasteiger partial charge is 0.341 e. The van der Waals surface area contributed by atoms with Gasteiger partial charge >= 0.3 is 5.97 Å². The van der Waals surface area contributed by atoms with Gasteiger partial charge in [0.1, 0.15) is 11.6 Å². The number of hydrazone groups is 1. The van der Waals surface area contributed by atoms with Crippen LogP contribution in [0, 0.1) is 5.82 Å². The van der Waals surface area contributed by atoms with Crippen LogP contribution in [-0.4, -0.2) is 29.8 Å². The maximum atomic E-state index is 12.8. The van der Waals surface area contributed by atoms with E-state index in [0.29, 0.717) is 16.9 Å². The van der Waals surface area contributed by atoms with Gasteiger partial charge in [-0.1, -0.05) is 28.1 Å². The Morgan fingerprint density at radius 2 is 1.96 bits per heavy atom. The van der Waals surface area contributed by atoms with E-state index in [0.717, 1.165) is 4.47 Å². The fourth-order valence-corrected chi connectivity index (χ4v) is 2.27. The van der Waals surface area contributed by atoms with E-state index < -0.39 is 12.6 Å². The molecule has 0 fully saturated rings. The summed E-state index contributed by atoms with van der Waals surface area (Å²) in [6, 6.07) is 10.6. The number of nitrogens with zero attached hydrogens (tertiary/aromatic N) is 1. The second-order valence-corrected chi connectivity index (χ2v) is 5.88. The molecule has 2 rings (SSSR count). The summed E-state index contributed by atoms with van der Waals surface area (Å²) in [6.45, 7) is -0.487. The minimum absolute atomic E-state index is 0.0540. The summed E-state index contributed by atoms with van der Waals surface area (Å²) in [5.74, 6) is -1.52. The van der Waals surface area contributed by atoms with Gasteiger partial charge < -0.3 is 9.84 Å². The molecular formula is C17H14BrFN2O4. The minimum Gasteiger partial charge on any atom is -0.481 e. The summed E-state index contributed by atoms with van der Waals surface area (Å²) in [5, 5.41) is 12.5. The Labute approximate surface area is 151 Å². The van der Waals surface area contributed by atoms with E-state index in [1.165, 1.54) is 30.5 Å². The Bertz CT molecular complexity index is 794. The zero-order chi connectivity index (χ0) is 18.2. The van der Waals surface area contributed by atoms with Crippen LogP contribution >= 0.6 is 15.9 Å². The summed E-state index contributed by atoms with van der Waals surface area (Å²) in [7, 11) is 0.